The minimum absolute atomic E-state index is 0.367. The zero-order valence-electron chi connectivity index (χ0n) is 9.73. The first-order valence-electron chi connectivity index (χ1n) is 5.32. The number of unbranched alkanes of at least 4 members (excludes halogenated alkanes) is 1. The molecule has 0 aliphatic carbocycles. The van der Waals surface area contributed by atoms with E-state index in [1.165, 1.54) is 0 Å². The van der Waals surface area contributed by atoms with E-state index in [9.17, 15) is 4.79 Å². The van der Waals surface area contributed by atoms with Gasteiger partial charge in [-0.2, -0.15) is 0 Å². The van der Waals surface area contributed by atoms with E-state index in [1.807, 2.05) is 13.0 Å². The van der Waals surface area contributed by atoms with Gasteiger partial charge >= 0.3 is 0 Å². The lowest BCUT2D eigenvalue weighted by atomic mass is 10.3. The van der Waals surface area contributed by atoms with Gasteiger partial charge in [0, 0.05) is 19.4 Å². The molecule has 88 valence electrons. The minimum atomic E-state index is 0.367. The lowest BCUT2D eigenvalue weighted by molar-refractivity contribution is 0.111. The number of carbonyl (C=O) groups excluding carboxylic acids is 1. The number of nitrogens with zero attached hydrogens (tertiary/aromatic N) is 1. The van der Waals surface area contributed by atoms with Crippen molar-refractivity contribution in [3.63, 3.8) is 0 Å². The standard InChI is InChI=1S/C12H17NO3/c1-10-5-6-12(11(9-14)13-10)16-8-4-3-7-15-2/h5-6,9H,3-4,7-8H2,1-2H3. The number of rotatable bonds is 7. The van der Waals surface area contributed by atoms with E-state index in [0.717, 1.165) is 31.4 Å². The summed E-state index contributed by atoms with van der Waals surface area (Å²) in [5.74, 6) is 0.554. The van der Waals surface area contributed by atoms with Crippen LogP contribution in [0.5, 0.6) is 5.75 Å². The van der Waals surface area contributed by atoms with E-state index in [4.69, 9.17) is 9.47 Å². The van der Waals surface area contributed by atoms with Crippen LogP contribution in [0.15, 0.2) is 12.1 Å². The van der Waals surface area contributed by atoms with Crippen LogP contribution in [0, 0.1) is 6.92 Å². The van der Waals surface area contributed by atoms with Crippen molar-refractivity contribution in [1.29, 1.82) is 0 Å². The van der Waals surface area contributed by atoms with Crippen molar-refractivity contribution in [2.24, 2.45) is 0 Å². The number of aldehydes is 1. The Labute approximate surface area is 95.6 Å². The molecular weight excluding hydrogens is 206 g/mol. The molecule has 0 unspecified atom stereocenters. The molecule has 0 radical (unpaired) electrons. The fourth-order valence-corrected chi connectivity index (χ4v) is 1.30. The molecule has 1 rings (SSSR count). The molecule has 0 saturated heterocycles. The van der Waals surface area contributed by atoms with Crippen LogP contribution in [0.2, 0.25) is 0 Å². The SMILES string of the molecule is COCCCCOc1ccc(C)nc1C=O. The van der Waals surface area contributed by atoms with Crippen molar-refractivity contribution in [3.8, 4) is 5.75 Å². The molecule has 0 bridgehead atoms. The van der Waals surface area contributed by atoms with Crippen molar-refractivity contribution < 1.29 is 14.3 Å². The molecule has 0 N–H and O–H groups in total. The average Bonchev–Trinajstić information content (AvgIpc) is 2.30. The van der Waals surface area contributed by atoms with Gasteiger partial charge in [0.2, 0.25) is 0 Å². The van der Waals surface area contributed by atoms with Crippen LogP contribution >= 0.6 is 0 Å². The first kappa shape index (κ1) is 12.6. The van der Waals surface area contributed by atoms with Gasteiger partial charge in [-0.15, -0.1) is 0 Å². The van der Waals surface area contributed by atoms with E-state index in [-0.39, 0.29) is 0 Å². The average molecular weight is 223 g/mol. The Morgan fingerprint density at radius 2 is 2.06 bits per heavy atom. The smallest absolute Gasteiger partial charge is 0.172 e. The summed E-state index contributed by atoms with van der Waals surface area (Å²) >= 11 is 0. The Morgan fingerprint density at radius 1 is 1.31 bits per heavy atom. The van der Waals surface area contributed by atoms with E-state index in [0.29, 0.717) is 18.1 Å². The van der Waals surface area contributed by atoms with Crippen LogP contribution in [-0.4, -0.2) is 31.6 Å². The van der Waals surface area contributed by atoms with Crippen LogP contribution in [0.4, 0.5) is 0 Å². The second kappa shape index (κ2) is 6.95. The zero-order valence-corrected chi connectivity index (χ0v) is 9.73. The van der Waals surface area contributed by atoms with Gasteiger partial charge in [0.05, 0.1) is 6.61 Å². The third kappa shape index (κ3) is 3.98. The summed E-state index contributed by atoms with van der Waals surface area (Å²) in [5.41, 5.74) is 1.18. The first-order chi connectivity index (χ1) is 7.77. The highest BCUT2D eigenvalue weighted by atomic mass is 16.5. The van der Waals surface area contributed by atoms with Gasteiger partial charge in [0.25, 0.3) is 0 Å². The second-order valence-corrected chi connectivity index (χ2v) is 3.50. The first-order valence-corrected chi connectivity index (χ1v) is 5.32. The summed E-state index contributed by atoms with van der Waals surface area (Å²) < 4.78 is 10.4. The van der Waals surface area contributed by atoms with Crippen molar-refractivity contribution in [2.45, 2.75) is 19.8 Å². The topological polar surface area (TPSA) is 48.4 Å². The van der Waals surface area contributed by atoms with Crippen LogP contribution in [0.3, 0.4) is 0 Å². The summed E-state index contributed by atoms with van der Waals surface area (Å²) in [6, 6.07) is 3.61. The van der Waals surface area contributed by atoms with Crippen LogP contribution in [0.25, 0.3) is 0 Å². The molecular formula is C12H17NO3. The monoisotopic (exact) mass is 223 g/mol. The Morgan fingerprint density at radius 3 is 2.75 bits per heavy atom. The van der Waals surface area contributed by atoms with Gasteiger partial charge in [-0.05, 0) is 31.9 Å². The maximum Gasteiger partial charge on any atom is 0.172 e. The molecule has 0 aliphatic rings. The molecule has 4 nitrogen and oxygen atoms in total. The fourth-order valence-electron chi connectivity index (χ4n) is 1.30. The largest absolute Gasteiger partial charge is 0.491 e. The highest BCUT2D eigenvalue weighted by molar-refractivity contribution is 5.76. The van der Waals surface area contributed by atoms with Gasteiger partial charge in [-0.1, -0.05) is 0 Å². The Balaban J connectivity index is 2.44. The third-order valence-electron chi connectivity index (χ3n) is 2.14. The normalized spacial score (nSPS) is 10.1. The molecule has 1 aromatic heterocycles. The molecule has 16 heavy (non-hydrogen) atoms. The highest BCUT2D eigenvalue weighted by Gasteiger charge is 2.04. The molecule has 0 saturated carbocycles. The van der Waals surface area contributed by atoms with Crippen LogP contribution in [-0.2, 0) is 4.74 Å². The number of aromatic nitrogens is 1. The van der Waals surface area contributed by atoms with Crippen molar-refractivity contribution in [2.75, 3.05) is 20.3 Å². The number of hydrogen-bond acceptors (Lipinski definition) is 4. The molecule has 0 atom stereocenters. The predicted octanol–water partition coefficient (Wildman–Crippen LogP) is 2.01. The summed E-state index contributed by atoms with van der Waals surface area (Å²) in [6.07, 6.45) is 2.57. The summed E-state index contributed by atoms with van der Waals surface area (Å²) in [7, 11) is 1.68. The van der Waals surface area contributed by atoms with Gasteiger partial charge < -0.3 is 9.47 Å². The second-order valence-electron chi connectivity index (χ2n) is 3.50. The van der Waals surface area contributed by atoms with E-state index >= 15 is 0 Å². The third-order valence-corrected chi connectivity index (χ3v) is 2.14. The minimum Gasteiger partial charge on any atom is -0.491 e. The quantitative estimate of drug-likeness (QED) is 0.524. The zero-order chi connectivity index (χ0) is 11.8. The van der Waals surface area contributed by atoms with E-state index in [2.05, 4.69) is 4.98 Å². The Hall–Kier alpha value is -1.42. The number of pyridine rings is 1. The molecule has 0 spiro atoms. The van der Waals surface area contributed by atoms with E-state index < -0.39 is 0 Å². The lowest BCUT2D eigenvalue weighted by Gasteiger charge is -2.07. The van der Waals surface area contributed by atoms with Gasteiger partial charge in [-0.25, -0.2) is 4.98 Å². The highest BCUT2D eigenvalue weighted by Crippen LogP contribution is 2.15. The number of carbonyl (C=O) groups is 1. The van der Waals surface area contributed by atoms with Crippen LogP contribution in [0.1, 0.15) is 29.0 Å². The fraction of sp³-hybridized carbons (Fsp3) is 0.500. The lowest BCUT2D eigenvalue weighted by Crippen LogP contribution is -2.03. The van der Waals surface area contributed by atoms with E-state index in [1.54, 1.807) is 13.2 Å². The number of hydrogen-bond donors (Lipinski definition) is 0. The number of aryl methyl sites for hydroxylation is 1. The molecule has 0 aliphatic heterocycles. The maximum atomic E-state index is 10.8. The molecule has 0 aromatic carbocycles. The van der Waals surface area contributed by atoms with Crippen molar-refractivity contribution in [3.05, 3.63) is 23.5 Å². The van der Waals surface area contributed by atoms with Crippen LogP contribution < -0.4 is 4.74 Å². The Bertz CT molecular complexity index is 339. The van der Waals surface area contributed by atoms with Crippen molar-refractivity contribution in [1.82, 2.24) is 4.98 Å². The maximum absolute atomic E-state index is 10.8. The summed E-state index contributed by atoms with van der Waals surface area (Å²) in [4.78, 5) is 14.8. The summed E-state index contributed by atoms with van der Waals surface area (Å²) in [5, 5.41) is 0. The molecule has 0 fully saturated rings. The van der Waals surface area contributed by atoms with Gasteiger partial charge in [-0.3, -0.25) is 4.79 Å². The predicted molar refractivity (Wildman–Crippen MR) is 61.0 cm³/mol. The van der Waals surface area contributed by atoms with Gasteiger partial charge in [0.1, 0.15) is 11.4 Å². The molecule has 1 heterocycles. The van der Waals surface area contributed by atoms with Crippen molar-refractivity contribution >= 4 is 6.29 Å². The number of methoxy groups -OCH3 is 1. The molecule has 0 amide bonds. The molecule has 1 aromatic rings. The number of ether oxygens (including phenoxy) is 2. The Kier molecular flexibility index (Phi) is 5.50. The summed E-state index contributed by atoms with van der Waals surface area (Å²) in [6.45, 7) is 3.15. The van der Waals surface area contributed by atoms with Gasteiger partial charge in [0.15, 0.2) is 6.29 Å². The molecule has 4 heteroatoms.